The molecule has 1 aromatic heterocycles. The molecule has 0 radical (unpaired) electrons. The first-order valence-corrected chi connectivity index (χ1v) is 10.6. The summed E-state index contributed by atoms with van der Waals surface area (Å²) in [5, 5.41) is 4.56. The van der Waals surface area contributed by atoms with E-state index in [1.807, 2.05) is 4.90 Å². The van der Waals surface area contributed by atoms with Crippen molar-refractivity contribution in [2.45, 2.75) is 20.1 Å². The Bertz CT molecular complexity index is 1100. The first-order valence-electron chi connectivity index (χ1n) is 10.2. The van der Waals surface area contributed by atoms with Crippen molar-refractivity contribution in [2.75, 3.05) is 26.2 Å². The minimum absolute atomic E-state index is 0.136. The van der Waals surface area contributed by atoms with E-state index in [0.717, 1.165) is 6.07 Å². The molecule has 1 saturated heterocycles. The number of hydrogen-bond donors (Lipinski definition) is 0. The Hall–Kier alpha value is -2.97. The zero-order chi connectivity index (χ0) is 22.7. The van der Waals surface area contributed by atoms with Crippen molar-refractivity contribution in [3.8, 4) is 5.75 Å². The number of aromatic nitrogens is 1. The van der Waals surface area contributed by atoms with Crippen LogP contribution < -0.4 is 4.74 Å². The summed E-state index contributed by atoms with van der Waals surface area (Å²) in [6.07, 6.45) is 0. The Morgan fingerprint density at radius 1 is 1.12 bits per heavy atom. The summed E-state index contributed by atoms with van der Waals surface area (Å²) in [6.45, 7) is 4.12. The maximum absolute atomic E-state index is 13.9. The quantitative estimate of drug-likeness (QED) is 0.542. The lowest BCUT2D eigenvalue weighted by Gasteiger charge is -2.34. The standard InChI is InChI=1S/C23H22ClF2N3O3/c1-15-19(14-31-18-7-5-17(24)6-8-18)22(27-32-15)23(30)29-11-9-28(10-12-29)13-16-3-2-4-20(25)21(16)26/h2-8H,9-14H2,1H3. The van der Waals surface area contributed by atoms with Crippen LogP contribution in [0, 0.1) is 18.6 Å². The summed E-state index contributed by atoms with van der Waals surface area (Å²) < 4.78 is 38.4. The van der Waals surface area contributed by atoms with Crippen molar-refractivity contribution >= 4 is 17.5 Å². The SMILES string of the molecule is Cc1onc(C(=O)N2CCN(Cc3cccc(F)c3F)CC2)c1COc1ccc(Cl)cc1. The molecule has 0 unspecified atom stereocenters. The van der Waals surface area contributed by atoms with Gasteiger partial charge in [-0.1, -0.05) is 28.9 Å². The summed E-state index contributed by atoms with van der Waals surface area (Å²) in [4.78, 5) is 16.7. The van der Waals surface area contributed by atoms with Gasteiger partial charge in [-0.2, -0.15) is 0 Å². The van der Waals surface area contributed by atoms with Gasteiger partial charge < -0.3 is 14.2 Å². The Labute approximate surface area is 189 Å². The zero-order valence-electron chi connectivity index (χ0n) is 17.5. The van der Waals surface area contributed by atoms with E-state index in [0.29, 0.717) is 53.8 Å². The lowest BCUT2D eigenvalue weighted by molar-refractivity contribution is 0.0614. The highest BCUT2D eigenvalue weighted by Crippen LogP contribution is 2.22. The summed E-state index contributed by atoms with van der Waals surface area (Å²) in [5.41, 5.74) is 1.12. The van der Waals surface area contributed by atoms with E-state index in [1.165, 1.54) is 6.07 Å². The Balaban J connectivity index is 1.37. The van der Waals surface area contributed by atoms with Crippen LogP contribution in [0.4, 0.5) is 8.78 Å². The second-order valence-electron chi connectivity index (χ2n) is 7.59. The molecule has 1 fully saturated rings. The molecule has 0 saturated carbocycles. The molecule has 0 bridgehead atoms. The molecule has 168 valence electrons. The monoisotopic (exact) mass is 461 g/mol. The molecule has 3 aromatic rings. The molecule has 4 rings (SSSR count). The van der Waals surface area contributed by atoms with Gasteiger partial charge in [-0.25, -0.2) is 8.78 Å². The number of carbonyl (C=O) groups excluding carboxylic acids is 1. The number of hydrogen-bond acceptors (Lipinski definition) is 5. The molecule has 6 nitrogen and oxygen atoms in total. The Morgan fingerprint density at radius 3 is 2.56 bits per heavy atom. The van der Waals surface area contributed by atoms with Crippen LogP contribution in [0.3, 0.4) is 0 Å². The Kier molecular flexibility index (Phi) is 6.72. The van der Waals surface area contributed by atoms with Gasteiger partial charge in [0.25, 0.3) is 5.91 Å². The normalized spacial score (nSPS) is 14.6. The van der Waals surface area contributed by atoms with Gasteiger partial charge in [0.2, 0.25) is 0 Å². The number of aryl methyl sites for hydroxylation is 1. The van der Waals surface area contributed by atoms with Crippen molar-refractivity contribution in [3.63, 3.8) is 0 Å². The van der Waals surface area contributed by atoms with Gasteiger partial charge in [0.05, 0.1) is 5.56 Å². The van der Waals surface area contributed by atoms with Crippen molar-refractivity contribution in [1.29, 1.82) is 0 Å². The minimum atomic E-state index is -0.855. The maximum atomic E-state index is 13.9. The first kappa shape index (κ1) is 22.2. The minimum Gasteiger partial charge on any atom is -0.489 e. The molecular formula is C23H22ClF2N3O3. The second kappa shape index (κ2) is 9.67. The third-order valence-electron chi connectivity index (χ3n) is 5.47. The zero-order valence-corrected chi connectivity index (χ0v) is 18.2. The van der Waals surface area contributed by atoms with Crippen LogP contribution in [0.5, 0.6) is 5.75 Å². The number of benzene rings is 2. The van der Waals surface area contributed by atoms with Gasteiger partial charge >= 0.3 is 0 Å². The Morgan fingerprint density at radius 2 is 1.84 bits per heavy atom. The van der Waals surface area contributed by atoms with Crippen molar-refractivity contribution in [3.05, 3.63) is 81.7 Å². The fraction of sp³-hybridized carbons (Fsp3) is 0.304. The molecule has 1 amide bonds. The predicted molar refractivity (Wildman–Crippen MR) is 115 cm³/mol. The van der Waals surface area contributed by atoms with Gasteiger partial charge in [0, 0.05) is 43.3 Å². The van der Waals surface area contributed by atoms with Crippen LogP contribution in [0.1, 0.15) is 27.4 Å². The average Bonchev–Trinajstić information content (AvgIpc) is 3.17. The number of rotatable bonds is 6. The van der Waals surface area contributed by atoms with Crippen LogP contribution in [0.2, 0.25) is 5.02 Å². The molecule has 2 aromatic carbocycles. The number of amides is 1. The molecule has 2 heterocycles. The molecule has 1 aliphatic heterocycles. The molecule has 32 heavy (non-hydrogen) atoms. The number of nitrogens with zero attached hydrogens (tertiary/aromatic N) is 3. The van der Waals surface area contributed by atoms with Gasteiger partial charge in [-0.3, -0.25) is 9.69 Å². The second-order valence-corrected chi connectivity index (χ2v) is 8.03. The lowest BCUT2D eigenvalue weighted by atomic mass is 10.1. The van der Waals surface area contributed by atoms with Crippen LogP contribution >= 0.6 is 11.6 Å². The van der Waals surface area contributed by atoms with E-state index < -0.39 is 11.6 Å². The lowest BCUT2D eigenvalue weighted by Crippen LogP contribution is -2.48. The summed E-state index contributed by atoms with van der Waals surface area (Å²) >= 11 is 5.89. The first-order chi connectivity index (χ1) is 15.4. The van der Waals surface area contributed by atoms with Crippen molar-refractivity contribution < 1.29 is 22.8 Å². The molecule has 0 aliphatic carbocycles. The molecule has 1 aliphatic rings. The third kappa shape index (κ3) is 4.92. The van der Waals surface area contributed by atoms with Crippen LogP contribution in [-0.4, -0.2) is 47.0 Å². The third-order valence-corrected chi connectivity index (χ3v) is 5.72. The van der Waals surface area contributed by atoms with E-state index in [1.54, 1.807) is 42.2 Å². The van der Waals surface area contributed by atoms with Gasteiger partial charge in [0.15, 0.2) is 17.3 Å². The van der Waals surface area contributed by atoms with E-state index in [4.69, 9.17) is 20.9 Å². The van der Waals surface area contributed by atoms with Crippen LogP contribution in [0.25, 0.3) is 0 Å². The number of carbonyl (C=O) groups is 1. The van der Waals surface area contributed by atoms with Crippen LogP contribution in [0.15, 0.2) is 47.0 Å². The van der Waals surface area contributed by atoms with Gasteiger partial charge in [-0.05, 0) is 37.3 Å². The molecule has 0 N–H and O–H groups in total. The summed E-state index contributed by atoms with van der Waals surface area (Å²) in [7, 11) is 0. The highest BCUT2D eigenvalue weighted by atomic mass is 35.5. The largest absolute Gasteiger partial charge is 0.489 e. The topological polar surface area (TPSA) is 58.8 Å². The number of ether oxygens (including phenoxy) is 1. The van der Waals surface area contributed by atoms with E-state index in [2.05, 4.69) is 5.16 Å². The highest BCUT2D eigenvalue weighted by Gasteiger charge is 2.28. The van der Waals surface area contributed by atoms with E-state index in [9.17, 15) is 13.6 Å². The molecule has 9 heteroatoms. The smallest absolute Gasteiger partial charge is 0.276 e. The fourth-order valence-electron chi connectivity index (χ4n) is 3.59. The fourth-order valence-corrected chi connectivity index (χ4v) is 3.71. The number of piperazine rings is 1. The van der Waals surface area contributed by atoms with E-state index in [-0.39, 0.29) is 24.8 Å². The molecule has 0 spiro atoms. The molecular weight excluding hydrogens is 440 g/mol. The summed E-state index contributed by atoms with van der Waals surface area (Å²) in [5.74, 6) is -0.789. The molecule has 0 atom stereocenters. The van der Waals surface area contributed by atoms with Crippen molar-refractivity contribution in [2.24, 2.45) is 0 Å². The number of halogens is 3. The van der Waals surface area contributed by atoms with Gasteiger partial charge in [0.1, 0.15) is 18.1 Å². The maximum Gasteiger partial charge on any atom is 0.276 e. The highest BCUT2D eigenvalue weighted by molar-refractivity contribution is 6.30. The van der Waals surface area contributed by atoms with Gasteiger partial charge in [-0.15, -0.1) is 0 Å². The summed E-state index contributed by atoms with van der Waals surface area (Å²) in [6, 6.07) is 11.1. The van der Waals surface area contributed by atoms with Crippen LogP contribution in [-0.2, 0) is 13.2 Å². The van der Waals surface area contributed by atoms with Crippen molar-refractivity contribution in [1.82, 2.24) is 15.0 Å². The van der Waals surface area contributed by atoms with E-state index >= 15 is 0 Å². The predicted octanol–water partition coefficient (Wildman–Crippen LogP) is 4.45. The average molecular weight is 462 g/mol.